The Morgan fingerprint density at radius 1 is 1.11 bits per heavy atom. The molecule has 2 atom stereocenters. The second kappa shape index (κ2) is 9.36. The minimum atomic E-state index is -3.75. The molecule has 2 N–H and O–H groups in total. The van der Waals surface area contributed by atoms with Crippen LogP contribution in [-0.2, 0) is 14.8 Å². The van der Waals surface area contributed by atoms with Crippen molar-refractivity contribution in [2.24, 2.45) is 0 Å². The van der Waals surface area contributed by atoms with E-state index in [0.717, 1.165) is 31.7 Å². The number of amides is 1. The van der Waals surface area contributed by atoms with Crippen LogP contribution >= 0.6 is 0 Å². The Kier molecular flexibility index (Phi) is 6.88. The molecule has 0 bridgehead atoms. The van der Waals surface area contributed by atoms with Crippen LogP contribution in [0.2, 0.25) is 0 Å². The van der Waals surface area contributed by atoms with Crippen LogP contribution in [0.15, 0.2) is 58.0 Å². The number of likely N-dealkylation sites (tertiary alicyclic amines) is 1. The molecule has 7 nitrogen and oxygen atoms in total. The highest BCUT2D eigenvalue weighted by atomic mass is 32.2. The maximum Gasteiger partial charge on any atom is 0.241 e. The minimum Gasteiger partial charge on any atom is -0.468 e. The second-order valence-electron chi connectivity index (χ2n) is 7.03. The third-order valence-corrected chi connectivity index (χ3v) is 6.51. The number of benzene rings is 1. The summed E-state index contributed by atoms with van der Waals surface area (Å²) in [5.41, 5.74) is 0. The SMILES string of the molecule is CC(NS(=O)(=O)c1ccccc1)C(=O)NCC(c1ccco1)N1CCCCC1. The highest BCUT2D eigenvalue weighted by Crippen LogP contribution is 2.24. The minimum absolute atomic E-state index is 0.0582. The normalized spacial score (nSPS) is 17.8. The predicted molar refractivity (Wildman–Crippen MR) is 106 cm³/mol. The summed E-state index contributed by atoms with van der Waals surface area (Å²) >= 11 is 0. The lowest BCUT2D eigenvalue weighted by Crippen LogP contribution is -2.47. The lowest BCUT2D eigenvalue weighted by atomic mass is 10.1. The van der Waals surface area contributed by atoms with Crippen molar-refractivity contribution in [3.63, 3.8) is 0 Å². The largest absolute Gasteiger partial charge is 0.468 e. The fourth-order valence-electron chi connectivity index (χ4n) is 3.42. The number of hydrogen-bond donors (Lipinski definition) is 2. The van der Waals surface area contributed by atoms with Gasteiger partial charge in [-0.25, -0.2) is 8.42 Å². The molecule has 2 aromatic rings. The standard InChI is InChI=1S/C20H27N3O4S/c1-16(22-28(25,26)17-9-4-2-5-10-17)20(24)21-15-18(19-11-8-14-27-19)23-12-6-3-7-13-23/h2,4-5,8-11,14,16,18,22H,3,6-7,12-13,15H2,1H3,(H,21,24). The van der Waals surface area contributed by atoms with Crippen LogP contribution in [0.5, 0.6) is 0 Å². The van der Waals surface area contributed by atoms with Crippen LogP contribution in [0.1, 0.15) is 38.0 Å². The molecule has 1 aromatic carbocycles. The van der Waals surface area contributed by atoms with E-state index in [1.807, 2.05) is 12.1 Å². The van der Waals surface area contributed by atoms with E-state index in [1.54, 1.807) is 31.4 Å². The molecular formula is C20H27N3O4S. The number of carbonyl (C=O) groups excluding carboxylic acids is 1. The Bertz CT molecular complexity index is 847. The molecule has 1 aromatic heterocycles. The van der Waals surface area contributed by atoms with E-state index in [1.165, 1.54) is 18.6 Å². The zero-order valence-electron chi connectivity index (χ0n) is 16.0. The summed E-state index contributed by atoms with van der Waals surface area (Å²) in [6, 6.07) is 10.8. The first-order valence-electron chi connectivity index (χ1n) is 9.60. The molecule has 2 unspecified atom stereocenters. The van der Waals surface area contributed by atoms with Crippen molar-refractivity contribution in [1.82, 2.24) is 14.9 Å². The Labute approximate surface area is 166 Å². The summed E-state index contributed by atoms with van der Waals surface area (Å²) in [6.45, 7) is 3.82. The fraction of sp³-hybridized carbons (Fsp3) is 0.450. The van der Waals surface area contributed by atoms with Gasteiger partial charge in [-0.2, -0.15) is 4.72 Å². The van der Waals surface area contributed by atoms with Crippen molar-refractivity contribution in [2.45, 2.75) is 43.2 Å². The number of hydrogen-bond acceptors (Lipinski definition) is 5. The number of piperidine rings is 1. The number of nitrogens with zero attached hydrogens (tertiary/aromatic N) is 1. The fourth-order valence-corrected chi connectivity index (χ4v) is 4.65. The zero-order chi connectivity index (χ0) is 20.0. The highest BCUT2D eigenvalue weighted by Gasteiger charge is 2.27. The molecule has 2 heterocycles. The quantitative estimate of drug-likeness (QED) is 0.703. The summed E-state index contributed by atoms with van der Waals surface area (Å²) in [4.78, 5) is 15.0. The Balaban J connectivity index is 1.61. The number of rotatable bonds is 8. The molecule has 8 heteroatoms. The molecule has 0 aliphatic carbocycles. The van der Waals surface area contributed by atoms with Crippen LogP contribution in [0, 0.1) is 0 Å². The van der Waals surface area contributed by atoms with E-state index >= 15 is 0 Å². The maximum absolute atomic E-state index is 12.5. The van der Waals surface area contributed by atoms with E-state index in [-0.39, 0.29) is 16.8 Å². The van der Waals surface area contributed by atoms with Crippen LogP contribution in [0.25, 0.3) is 0 Å². The van der Waals surface area contributed by atoms with Gasteiger partial charge in [0.15, 0.2) is 0 Å². The summed E-state index contributed by atoms with van der Waals surface area (Å²) in [7, 11) is -3.75. The van der Waals surface area contributed by atoms with E-state index < -0.39 is 16.1 Å². The number of furan rings is 1. The Hall–Kier alpha value is -2.16. The molecule has 0 spiro atoms. The molecule has 0 saturated carbocycles. The van der Waals surface area contributed by atoms with Crippen molar-refractivity contribution < 1.29 is 17.6 Å². The van der Waals surface area contributed by atoms with Crippen LogP contribution in [-0.4, -0.2) is 44.9 Å². The van der Waals surface area contributed by atoms with Crippen LogP contribution in [0.4, 0.5) is 0 Å². The molecular weight excluding hydrogens is 378 g/mol. The second-order valence-corrected chi connectivity index (χ2v) is 8.74. The van der Waals surface area contributed by atoms with Crippen molar-refractivity contribution in [3.05, 3.63) is 54.5 Å². The first-order valence-corrected chi connectivity index (χ1v) is 11.1. The van der Waals surface area contributed by atoms with Gasteiger partial charge in [-0.05, 0) is 57.1 Å². The predicted octanol–water partition coefficient (Wildman–Crippen LogP) is 2.29. The summed E-state index contributed by atoms with van der Waals surface area (Å²) in [5, 5.41) is 2.87. The van der Waals surface area contributed by atoms with E-state index in [9.17, 15) is 13.2 Å². The smallest absolute Gasteiger partial charge is 0.241 e. The van der Waals surface area contributed by atoms with Gasteiger partial charge in [0.1, 0.15) is 5.76 Å². The topological polar surface area (TPSA) is 91.6 Å². The van der Waals surface area contributed by atoms with Gasteiger partial charge in [-0.3, -0.25) is 9.69 Å². The molecule has 1 amide bonds. The van der Waals surface area contributed by atoms with Crippen molar-refractivity contribution in [3.8, 4) is 0 Å². The van der Waals surface area contributed by atoms with Crippen LogP contribution < -0.4 is 10.0 Å². The summed E-state index contributed by atoms with van der Waals surface area (Å²) in [6.07, 6.45) is 5.09. The van der Waals surface area contributed by atoms with Gasteiger partial charge in [0.25, 0.3) is 0 Å². The number of carbonyl (C=O) groups is 1. The maximum atomic E-state index is 12.5. The van der Waals surface area contributed by atoms with Crippen LogP contribution in [0.3, 0.4) is 0 Å². The molecule has 1 aliphatic rings. The van der Waals surface area contributed by atoms with E-state index in [0.29, 0.717) is 6.54 Å². The van der Waals surface area contributed by atoms with Crippen molar-refractivity contribution >= 4 is 15.9 Å². The molecule has 3 rings (SSSR count). The average molecular weight is 406 g/mol. The van der Waals surface area contributed by atoms with Gasteiger partial charge in [-0.15, -0.1) is 0 Å². The van der Waals surface area contributed by atoms with Gasteiger partial charge in [-0.1, -0.05) is 24.6 Å². The Morgan fingerprint density at radius 3 is 2.46 bits per heavy atom. The molecule has 28 heavy (non-hydrogen) atoms. The van der Waals surface area contributed by atoms with Gasteiger partial charge in [0, 0.05) is 6.54 Å². The summed E-state index contributed by atoms with van der Waals surface area (Å²) in [5.74, 6) is 0.438. The first-order chi connectivity index (χ1) is 13.5. The molecule has 1 aliphatic heterocycles. The third-order valence-electron chi connectivity index (χ3n) is 4.95. The third kappa shape index (κ3) is 5.21. The lowest BCUT2D eigenvalue weighted by Gasteiger charge is -2.33. The van der Waals surface area contributed by atoms with E-state index in [2.05, 4.69) is 14.9 Å². The van der Waals surface area contributed by atoms with Gasteiger partial charge >= 0.3 is 0 Å². The van der Waals surface area contributed by atoms with Crippen molar-refractivity contribution in [2.75, 3.05) is 19.6 Å². The molecule has 152 valence electrons. The molecule has 1 fully saturated rings. The highest BCUT2D eigenvalue weighted by molar-refractivity contribution is 7.89. The van der Waals surface area contributed by atoms with Crippen molar-refractivity contribution in [1.29, 1.82) is 0 Å². The monoisotopic (exact) mass is 405 g/mol. The lowest BCUT2D eigenvalue weighted by molar-refractivity contribution is -0.122. The zero-order valence-corrected chi connectivity index (χ0v) is 16.8. The first kappa shape index (κ1) is 20.6. The summed E-state index contributed by atoms with van der Waals surface area (Å²) < 4.78 is 32.8. The number of nitrogens with one attached hydrogen (secondary N) is 2. The average Bonchev–Trinajstić information content (AvgIpc) is 3.23. The van der Waals surface area contributed by atoms with Gasteiger partial charge in [0.2, 0.25) is 15.9 Å². The number of sulfonamides is 1. The Morgan fingerprint density at radius 2 is 1.82 bits per heavy atom. The van der Waals surface area contributed by atoms with Gasteiger partial charge in [0.05, 0.1) is 23.2 Å². The molecule has 1 saturated heterocycles. The molecule has 0 radical (unpaired) electrons. The van der Waals surface area contributed by atoms with E-state index in [4.69, 9.17) is 4.42 Å². The van der Waals surface area contributed by atoms with Gasteiger partial charge < -0.3 is 9.73 Å².